The number of fused-ring (bicyclic) bond motifs is 1. The molecule has 0 aromatic heterocycles. The first-order chi connectivity index (χ1) is 8.40. The highest BCUT2D eigenvalue weighted by Crippen LogP contribution is 2.44. The third-order valence-corrected chi connectivity index (χ3v) is 2.79. The molecule has 2 rings (SSSR count). The van der Waals surface area contributed by atoms with E-state index in [1.165, 1.54) is 14.0 Å². The van der Waals surface area contributed by atoms with Gasteiger partial charge in [-0.05, 0) is 6.92 Å². The molecule has 0 spiro atoms. The number of hydrogen-bond donors (Lipinski definition) is 3. The average Bonchev–Trinajstić information content (AvgIpc) is 2.56. The SMILES string of the molecule is COc1c(C)c(O)c(C(=O)O)c2c1C(=O)O[C@@H]2O. The van der Waals surface area contributed by atoms with Crippen LogP contribution in [0.2, 0.25) is 0 Å². The van der Waals surface area contributed by atoms with Gasteiger partial charge in [0.1, 0.15) is 22.6 Å². The number of carboxylic acid groups (broad SMARTS) is 1. The van der Waals surface area contributed by atoms with Crippen LogP contribution in [0, 0.1) is 6.92 Å². The largest absolute Gasteiger partial charge is 0.507 e. The minimum absolute atomic E-state index is 0.00551. The van der Waals surface area contributed by atoms with Gasteiger partial charge in [-0.25, -0.2) is 9.59 Å². The summed E-state index contributed by atoms with van der Waals surface area (Å²) in [5.74, 6) is -2.92. The quantitative estimate of drug-likeness (QED) is 0.661. The van der Waals surface area contributed by atoms with Crippen LogP contribution in [0.4, 0.5) is 0 Å². The Bertz CT molecular complexity index is 561. The molecule has 0 bridgehead atoms. The molecule has 0 radical (unpaired) electrons. The van der Waals surface area contributed by atoms with Crippen LogP contribution in [0.15, 0.2) is 0 Å². The molecule has 0 aliphatic carbocycles. The van der Waals surface area contributed by atoms with Crippen molar-refractivity contribution in [2.45, 2.75) is 13.2 Å². The zero-order chi connectivity index (χ0) is 13.6. The molecule has 0 saturated heterocycles. The molecule has 1 aliphatic rings. The highest BCUT2D eigenvalue weighted by molar-refractivity contribution is 6.04. The lowest BCUT2D eigenvalue weighted by Gasteiger charge is -2.14. The number of rotatable bonds is 2. The van der Waals surface area contributed by atoms with Gasteiger partial charge in [-0.2, -0.15) is 0 Å². The second kappa shape index (κ2) is 3.88. The van der Waals surface area contributed by atoms with Gasteiger partial charge in [0.2, 0.25) is 6.29 Å². The molecule has 0 amide bonds. The number of aliphatic hydroxyl groups is 1. The Morgan fingerprint density at radius 1 is 1.44 bits per heavy atom. The molecule has 3 N–H and O–H groups in total. The highest BCUT2D eigenvalue weighted by atomic mass is 16.6. The predicted octanol–water partition coefficient (Wildman–Crippen LogP) is 0.569. The van der Waals surface area contributed by atoms with Crippen LogP contribution < -0.4 is 4.74 Å². The van der Waals surface area contributed by atoms with Crippen molar-refractivity contribution in [1.29, 1.82) is 0 Å². The average molecular weight is 254 g/mol. The summed E-state index contributed by atoms with van der Waals surface area (Å²) in [4.78, 5) is 22.7. The van der Waals surface area contributed by atoms with Crippen molar-refractivity contribution in [3.05, 3.63) is 22.3 Å². The number of carbonyl (C=O) groups excluding carboxylic acids is 1. The molecule has 0 fully saturated rings. The van der Waals surface area contributed by atoms with E-state index in [2.05, 4.69) is 4.74 Å². The van der Waals surface area contributed by atoms with E-state index in [1.54, 1.807) is 0 Å². The Labute approximate surface area is 101 Å². The number of cyclic esters (lactones) is 1. The second-order valence-electron chi connectivity index (χ2n) is 3.73. The van der Waals surface area contributed by atoms with E-state index in [0.717, 1.165) is 0 Å². The third-order valence-electron chi connectivity index (χ3n) is 2.79. The lowest BCUT2D eigenvalue weighted by molar-refractivity contribution is -0.0553. The molecular weight excluding hydrogens is 244 g/mol. The van der Waals surface area contributed by atoms with Crippen LogP contribution in [0.5, 0.6) is 11.5 Å². The number of benzene rings is 1. The summed E-state index contributed by atoms with van der Waals surface area (Å²) in [5, 5.41) is 28.4. The number of hydrogen-bond acceptors (Lipinski definition) is 6. The number of methoxy groups -OCH3 is 1. The van der Waals surface area contributed by atoms with Crippen molar-refractivity contribution >= 4 is 11.9 Å². The number of aromatic carboxylic acids is 1. The summed E-state index contributed by atoms with van der Waals surface area (Å²) in [6, 6.07) is 0. The molecule has 1 heterocycles. The molecule has 18 heavy (non-hydrogen) atoms. The van der Waals surface area contributed by atoms with Crippen LogP contribution in [0.1, 0.15) is 38.1 Å². The summed E-state index contributed by atoms with van der Waals surface area (Å²) in [7, 11) is 1.26. The van der Waals surface area contributed by atoms with Crippen molar-refractivity contribution in [3.63, 3.8) is 0 Å². The summed E-state index contributed by atoms with van der Waals surface area (Å²) in [6.45, 7) is 1.40. The first-order valence-electron chi connectivity index (χ1n) is 4.95. The predicted molar refractivity (Wildman–Crippen MR) is 56.7 cm³/mol. The third kappa shape index (κ3) is 1.41. The van der Waals surface area contributed by atoms with Crippen molar-refractivity contribution in [1.82, 2.24) is 0 Å². The molecule has 0 unspecified atom stereocenters. The summed E-state index contributed by atoms with van der Waals surface area (Å²) in [5.41, 5.74) is -0.911. The number of carboxylic acids is 1. The van der Waals surface area contributed by atoms with E-state index >= 15 is 0 Å². The van der Waals surface area contributed by atoms with Gasteiger partial charge >= 0.3 is 11.9 Å². The first kappa shape index (κ1) is 12.2. The first-order valence-corrected chi connectivity index (χ1v) is 4.95. The minimum Gasteiger partial charge on any atom is -0.507 e. The Morgan fingerprint density at radius 2 is 2.06 bits per heavy atom. The fourth-order valence-corrected chi connectivity index (χ4v) is 2.00. The zero-order valence-electron chi connectivity index (χ0n) is 9.55. The smallest absolute Gasteiger partial charge is 0.345 e. The summed E-state index contributed by atoms with van der Waals surface area (Å²) >= 11 is 0. The van der Waals surface area contributed by atoms with E-state index < -0.39 is 29.5 Å². The van der Waals surface area contributed by atoms with E-state index in [-0.39, 0.29) is 22.4 Å². The topological polar surface area (TPSA) is 113 Å². The van der Waals surface area contributed by atoms with Gasteiger partial charge in [-0.15, -0.1) is 0 Å². The molecule has 1 aromatic carbocycles. The van der Waals surface area contributed by atoms with Crippen LogP contribution in [0.25, 0.3) is 0 Å². The number of carbonyl (C=O) groups is 2. The van der Waals surface area contributed by atoms with E-state index in [4.69, 9.17) is 9.84 Å². The molecule has 0 saturated carbocycles. The van der Waals surface area contributed by atoms with E-state index in [0.29, 0.717) is 0 Å². The van der Waals surface area contributed by atoms with Crippen molar-refractivity contribution in [2.75, 3.05) is 7.11 Å². The minimum atomic E-state index is -1.72. The molecule has 1 aliphatic heterocycles. The van der Waals surface area contributed by atoms with Gasteiger partial charge in [0, 0.05) is 5.56 Å². The normalized spacial score (nSPS) is 17.3. The van der Waals surface area contributed by atoms with Gasteiger partial charge in [-0.1, -0.05) is 0 Å². The van der Waals surface area contributed by atoms with Crippen molar-refractivity contribution < 1.29 is 34.4 Å². The Morgan fingerprint density at radius 3 is 2.56 bits per heavy atom. The maximum Gasteiger partial charge on any atom is 0.345 e. The maximum atomic E-state index is 11.6. The van der Waals surface area contributed by atoms with Crippen LogP contribution >= 0.6 is 0 Å². The molecule has 96 valence electrons. The van der Waals surface area contributed by atoms with Gasteiger partial charge < -0.3 is 24.8 Å². The van der Waals surface area contributed by atoms with Gasteiger partial charge in [0.05, 0.1) is 12.7 Å². The lowest BCUT2D eigenvalue weighted by atomic mass is 9.96. The van der Waals surface area contributed by atoms with Crippen LogP contribution in [0.3, 0.4) is 0 Å². The second-order valence-corrected chi connectivity index (χ2v) is 3.73. The van der Waals surface area contributed by atoms with Gasteiger partial charge in [-0.3, -0.25) is 0 Å². The number of phenols is 1. The van der Waals surface area contributed by atoms with Crippen molar-refractivity contribution in [2.24, 2.45) is 0 Å². The molecule has 7 heteroatoms. The summed E-state index contributed by atoms with van der Waals surface area (Å²) in [6.07, 6.45) is -1.72. The highest BCUT2D eigenvalue weighted by Gasteiger charge is 2.40. The Kier molecular flexibility index (Phi) is 2.63. The van der Waals surface area contributed by atoms with Crippen LogP contribution in [-0.2, 0) is 4.74 Å². The standard InChI is InChI=1S/C11H10O7/c1-3-7(12)5(9(13)14)4-6(8(3)17-2)11(16)18-10(4)15/h10,12,15H,1-2H3,(H,13,14)/t10-/m0/s1. The van der Waals surface area contributed by atoms with Crippen molar-refractivity contribution in [3.8, 4) is 11.5 Å². The van der Waals surface area contributed by atoms with Gasteiger partial charge in [0.15, 0.2) is 0 Å². The number of esters is 1. The fraction of sp³-hybridized carbons (Fsp3) is 0.273. The monoisotopic (exact) mass is 254 g/mol. The molecular formula is C11H10O7. The van der Waals surface area contributed by atoms with Gasteiger partial charge in [0.25, 0.3) is 0 Å². The van der Waals surface area contributed by atoms with E-state index in [1.807, 2.05) is 0 Å². The molecule has 1 atom stereocenters. The maximum absolute atomic E-state index is 11.6. The number of aromatic hydroxyl groups is 1. The van der Waals surface area contributed by atoms with Crippen LogP contribution in [-0.4, -0.2) is 34.4 Å². The fourth-order valence-electron chi connectivity index (χ4n) is 2.00. The van der Waals surface area contributed by atoms with E-state index in [9.17, 15) is 19.8 Å². The molecule has 7 nitrogen and oxygen atoms in total. The Hall–Kier alpha value is -2.28. The summed E-state index contributed by atoms with van der Waals surface area (Å²) < 4.78 is 9.49. The molecule has 1 aromatic rings. The number of aliphatic hydroxyl groups excluding tert-OH is 1. The zero-order valence-corrected chi connectivity index (χ0v) is 9.55. The number of ether oxygens (including phenoxy) is 2. The lowest BCUT2D eigenvalue weighted by Crippen LogP contribution is -2.09. The Balaban J connectivity index is 2.92.